The van der Waals surface area contributed by atoms with Gasteiger partial charge in [-0.15, -0.1) is 0 Å². The van der Waals surface area contributed by atoms with Gasteiger partial charge in [0.15, 0.2) is 20.9 Å². The summed E-state index contributed by atoms with van der Waals surface area (Å²) in [5, 5.41) is 20.0. The zero-order chi connectivity index (χ0) is 71.5. The molecule has 2 aromatic carbocycles. The van der Waals surface area contributed by atoms with Crippen LogP contribution in [0.4, 0.5) is 0 Å². The van der Waals surface area contributed by atoms with Crippen molar-refractivity contribution in [3.63, 3.8) is 0 Å². The van der Waals surface area contributed by atoms with Gasteiger partial charge in [-0.2, -0.15) is 0 Å². The third-order valence-electron chi connectivity index (χ3n) is 21.1. The molecule has 19 nitrogen and oxygen atoms in total. The van der Waals surface area contributed by atoms with E-state index in [9.17, 15) is 24.8 Å². The highest BCUT2D eigenvalue weighted by Crippen LogP contribution is 2.55. The average Bonchev–Trinajstić information content (AvgIpc) is 0.824. The van der Waals surface area contributed by atoms with Crippen LogP contribution >= 0.6 is 7.82 Å². The van der Waals surface area contributed by atoms with E-state index >= 15 is 4.79 Å². The normalized spacial score (nSPS) is 24.2. The van der Waals surface area contributed by atoms with Gasteiger partial charge in [0.2, 0.25) is 5.91 Å². The minimum absolute atomic E-state index is 0.0118. The number of benzene rings is 2. The monoisotopic (exact) mass is 1410 g/mol. The van der Waals surface area contributed by atoms with Crippen LogP contribution < -0.4 is 5.32 Å². The molecule has 2 fully saturated rings. The Balaban J connectivity index is 1.48. The van der Waals surface area contributed by atoms with Crippen molar-refractivity contribution in [3.8, 4) is 0 Å². The number of nitrogens with zero attached hydrogens (tertiary/aromatic N) is 3. The molecule has 8 unspecified atom stereocenters. The molecule has 558 valence electrons. The standard InChI is InChI=1S/C77H131N4O15PSi/c1-14-17-20-23-26-27-30-33-37-44-58(6)74(85)91-64(57(5)43-36-32-29-25-22-19-16-3)50-67(82)79-69-71(84)73(95-97(86)89-52-62-47-40-41-48-63(62)53-90-97)66(54-87-51-61-45-38-34-39-46-61)93-75(69)88-55-65-60(8)72(70(80-81-78)76(92-65)96-98(12,13)77(9,10)11)94-68(83)49-59(7)56(4)42-35-31-28-24-21-18-15-2/h34,38-41,45-48,56-60,64-66,69-73,75-76,84H,14-33,35-37,42-44,49-55H2,1-13H3,(H,79,82)/t56?,57?,58?,59-,60+,64-,65?,66?,69?,70?,71+,72-,73+,75+,76?/m0/s1. The topological polar surface area (TPSA) is 242 Å². The molecule has 0 spiro atoms. The van der Waals surface area contributed by atoms with Gasteiger partial charge < -0.3 is 43.3 Å². The molecule has 2 saturated heterocycles. The molecule has 2 aromatic rings. The molecule has 0 aliphatic carbocycles. The van der Waals surface area contributed by atoms with Crippen LogP contribution in [-0.4, -0.2) is 106 Å². The van der Waals surface area contributed by atoms with Crippen molar-refractivity contribution < 1.29 is 70.5 Å². The zero-order valence-electron chi connectivity index (χ0n) is 62.6. The second kappa shape index (κ2) is 45.4. The van der Waals surface area contributed by atoms with Gasteiger partial charge in [0.25, 0.3) is 0 Å². The van der Waals surface area contributed by atoms with E-state index in [4.69, 9.17) is 46.4 Å². The van der Waals surface area contributed by atoms with Gasteiger partial charge in [-0.3, -0.25) is 28.0 Å². The Morgan fingerprint density at radius 1 is 0.673 bits per heavy atom. The minimum Gasteiger partial charge on any atom is -0.461 e. The smallest absolute Gasteiger partial charge is 0.461 e. The van der Waals surface area contributed by atoms with E-state index in [0.29, 0.717) is 6.42 Å². The number of esters is 2. The number of phosphoric ester groups is 1. The summed E-state index contributed by atoms with van der Waals surface area (Å²) in [7, 11) is -7.22. The number of hydrogen-bond donors (Lipinski definition) is 2. The maximum absolute atomic E-state index is 15.1. The maximum Gasteiger partial charge on any atom is 0.475 e. The minimum atomic E-state index is -4.51. The Labute approximate surface area is 591 Å². The van der Waals surface area contributed by atoms with Gasteiger partial charge in [-0.05, 0) is 70.9 Å². The number of unbranched alkanes of at least 4 members (excludes halogenated alkanes) is 20. The van der Waals surface area contributed by atoms with Gasteiger partial charge >= 0.3 is 19.8 Å². The summed E-state index contributed by atoms with van der Waals surface area (Å²) in [4.78, 5) is 46.8. The summed E-state index contributed by atoms with van der Waals surface area (Å²) in [5.41, 5.74) is 12.5. The van der Waals surface area contributed by atoms with E-state index in [0.717, 1.165) is 93.7 Å². The summed E-state index contributed by atoms with van der Waals surface area (Å²) in [6.07, 6.45) is 19.0. The van der Waals surface area contributed by atoms with E-state index in [2.05, 4.69) is 83.8 Å². The van der Waals surface area contributed by atoms with Crippen molar-refractivity contribution in [2.45, 2.75) is 355 Å². The number of nitrogens with one attached hydrogen (secondary N) is 1. The predicted molar refractivity (Wildman–Crippen MR) is 389 cm³/mol. The molecular weight excluding hydrogens is 1280 g/mol. The molecule has 0 bridgehead atoms. The van der Waals surface area contributed by atoms with Crippen LogP contribution in [-0.2, 0) is 85.2 Å². The first-order chi connectivity index (χ1) is 46.9. The number of aliphatic hydroxyl groups is 1. The molecule has 2 N–H and O–H groups in total. The molecule has 0 radical (unpaired) electrons. The molecule has 0 saturated carbocycles. The first kappa shape index (κ1) is 84.9. The fourth-order valence-corrected chi connectivity index (χ4v) is 15.5. The quantitative estimate of drug-likeness (QED) is 0.0119. The number of azide groups is 1. The summed E-state index contributed by atoms with van der Waals surface area (Å²) >= 11 is 0. The summed E-state index contributed by atoms with van der Waals surface area (Å²) in [6.45, 7) is 26.5. The van der Waals surface area contributed by atoms with Crippen molar-refractivity contribution in [1.82, 2.24) is 5.32 Å². The molecule has 98 heavy (non-hydrogen) atoms. The Kier molecular flexibility index (Phi) is 39.3. The lowest BCUT2D eigenvalue weighted by atomic mass is 9.87. The first-order valence-corrected chi connectivity index (χ1v) is 42.6. The van der Waals surface area contributed by atoms with Crippen LogP contribution in [0.5, 0.6) is 0 Å². The number of fused-ring (bicyclic) bond motifs is 1. The number of phosphoric acid groups is 1. The number of carbonyl (C=O) groups is 3. The molecule has 3 heterocycles. The molecular formula is C77H131N4O15PSi. The van der Waals surface area contributed by atoms with Crippen molar-refractivity contribution in [2.24, 2.45) is 34.7 Å². The van der Waals surface area contributed by atoms with Gasteiger partial charge in [-0.25, -0.2) is 4.57 Å². The molecule has 3 aliphatic heterocycles. The van der Waals surface area contributed by atoms with Crippen LogP contribution in [0.1, 0.15) is 273 Å². The van der Waals surface area contributed by atoms with Crippen LogP contribution in [0.25, 0.3) is 10.4 Å². The Morgan fingerprint density at radius 3 is 1.72 bits per heavy atom. The van der Waals surface area contributed by atoms with Crippen molar-refractivity contribution in [2.75, 3.05) is 13.2 Å². The number of ether oxygens (including phenoxy) is 6. The molecule has 5 rings (SSSR count). The Hall–Kier alpha value is -3.75. The third-order valence-corrected chi connectivity index (χ3v) is 26.9. The van der Waals surface area contributed by atoms with Crippen LogP contribution in [0, 0.1) is 29.6 Å². The molecule has 15 atom stereocenters. The summed E-state index contributed by atoms with van der Waals surface area (Å²) in [6, 6.07) is 14.4. The SMILES string of the molecule is CCCCCCCCCCCC(C)C(=O)O[C@@H](CC(=O)NC1[C@H](OCC2OC(O[Si](C)(C)C(C)(C)C)C(N=[N+]=[N-])[C@@H](OC(=O)C[C@H](C)C(C)CCCCCCCCC)[C@@H]2C)OC(COCc2ccccc2)[C@@H](OP2(=O)OCc3ccccc3CO2)[C@@H]1O)C(C)CCCCCCCCC. The van der Waals surface area contributed by atoms with Crippen LogP contribution in [0.15, 0.2) is 59.7 Å². The third kappa shape index (κ3) is 29.5. The van der Waals surface area contributed by atoms with Gasteiger partial charge in [-0.1, -0.05) is 290 Å². The van der Waals surface area contributed by atoms with Crippen LogP contribution in [0.2, 0.25) is 18.1 Å². The van der Waals surface area contributed by atoms with Gasteiger partial charge in [0, 0.05) is 17.3 Å². The Bertz CT molecular complexity index is 2630. The van der Waals surface area contributed by atoms with Crippen LogP contribution in [0.3, 0.4) is 0 Å². The number of aliphatic hydroxyl groups excluding tert-OH is 1. The average molecular weight is 1410 g/mol. The van der Waals surface area contributed by atoms with E-state index < -0.39 is 95.2 Å². The maximum atomic E-state index is 15.1. The second-order valence-corrected chi connectivity index (χ2v) is 36.8. The lowest BCUT2D eigenvalue weighted by Crippen LogP contribution is -2.66. The van der Waals surface area contributed by atoms with E-state index in [1.54, 1.807) is 0 Å². The molecule has 21 heteroatoms. The summed E-state index contributed by atoms with van der Waals surface area (Å²) in [5.74, 6) is -2.35. The molecule has 1 amide bonds. The number of rotatable bonds is 48. The van der Waals surface area contributed by atoms with E-state index in [1.165, 1.54) is 83.5 Å². The number of amides is 1. The number of carbonyl (C=O) groups excluding carboxylic acids is 3. The first-order valence-electron chi connectivity index (χ1n) is 38.2. The lowest BCUT2D eigenvalue weighted by molar-refractivity contribution is -0.290. The van der Waals surface area contributed by atoms with Crippen molar-refractivity contribution in [3.05, 3.63) is 81.7 Å². The zero-order valence-corrected chi connectivity index (χ0v) is 64.5. The van der Waals surface area contributed by atoms with Gasteiger partial charge in [0.05, 0.1) is 51.5 Å². The highest BCUT2D eigenvalue weighted by atomic mass is 31.2. The largest absolute Gasteiger partial charge is 0.475 e. The Morgan fingerprint density at radius 2 is 1.18 bits per heavy atom. The summed E-state index contributed by atoms with van der Waals surface area (Å²) < 4.78 is 80.0. The highest BCUT2D eigenvalue weighted by molar-refractivity contribution is 7.48. The van der Waals surface area contributed by atoms with E-state index in [1.807, 2.05) is 75.4 Å². The molecule has 3 aliphatic rings. The predicted octanol–water partition coefficient (Wildman–Crippen LogP) is 19.4. The van der Waals surface area contributed by atoms with Crippen molar-refractivity contribution in [1.29, 1.82) is 0 Å². The lowest BCUT2D eigenvalue weighted by Gasteiger charge is -2.48. The van der Waals surface area contributed by atoms with E-state index in [-0.39, 0.29) is 80.6 Å². The fraction of sp³-hybridized carbons (Fsp3) is 0.805. The number of hydrogen-bond acceptors (Lipinski definition) is 16. The highest BCUT2D eigenvalue weighted by Gasteiger charge is 2.54. The second-order valence-electron chi connectivity index (χ2n) is 30.4. The molecule has 0 aromatic heterocycles. The van der Waals surface area contributed by atoms with Crippen molar-refractivity contribution >= 4 is 34.0 Å². The van der Waals surface area contributed by atoms with Gasteiger partial charge in [0.1, 0.15) is 42.6 Å². The fourth-order valence-electron chi connectivity index (χ4n) is 13.0.